The summed E-state index contributed by atoms with van der Waals surface area (Å²) in [4.78, 5) is 30.3. The van der Waals surface area contributed by atoms with Crippen molar-refractivity contribution in [1.29, 1.82) is 0 Å². The van der Waals surface area contributed by atoms with Crippen LogP contribution in [0.2, 0.25) is 0 Å². The van der Waals surface area contributed by atoms with Gasteiger partial charge in [-0.05, 0) is 46.9 Å². The van der Waals surface area contributed by atoms with Crippen LogP contribution in [-0.2, 0) is 12.0 Å². The Balaban J connectivity index is 1.60. The number of nitrogens with zero attached hydrogens (tertiary/aromatic N) is 1. The second kappa shape index (κ2) is 8.43. The number of phenols is 1. The Hall–Kier alpha value is -4.13. The SMILES string of the molecule is CC(C)(C)c1ccccc1C(=O)Nc1cc(O)ccc1NC(=O)c1ccc2c(c1)C(N)=NC2. The number of amides is 2. The van der Waals surface area contributed by atoms with Gasteiger partial charge in [0.05, 0.1) is 17.9 Å². The van der Waals surface area contributed by atoms with Crippen LogP contribution < -0.4 is 16.4 Å². The van der Waals surface area contributed by atoms with Crippen LogP contribution in [0.3, 0.4) is 0 Å². The van der Waals surface area contributed by atoms with E-state index in [0.29, 0.717) is 34.9 Å². The summed E-state index contributed by atoms with van der Waals surface area (Å²) >= 11 is 0. The van der Waals surface area contributed by atoms with Crippen LogP contribution in [-0.4, -0.2) is 22.8 Å². The lowest BCUT2D eigenvalue weighted by Crippen LogP contribution is -2.22. The Morgan fingerprint density at radius 3 is 2.42 bits per heavy atom. The quantitative estimate of drug-likeness (QED) is 0.448. The van der Waals surface area contributed by atoms with E-state index in [0.717, 1.165) is 16.7 Å². The van der Waals surface area contributed by atoms with E-state index in [2.05, 4.69) is 15.6 Å². The topological polar surface area (TPSA) is 117 Å². The average molecular weight is 443 g/mol. The molecule has 1 aliphatic rings. The summed E-state index contributed by atoms with van der Waals surface area (Å²) in [5, 5.41) is 15.6. The first-order valence-electron chi connectivity index (χ1n) is 10.6. The highest BCUT2D eigenvalue weighted by Gasteiger charge is 2.22. The first kappa shape index (κ1) is 22.1. The molecule has 0 saturated heterocycles. The number of hydrogen-bond acceptors (Lipinski definition) is 5. The minimum atomic E-state index is -0.367. The number of aliphatic imine (C=N–C) groups is 1. The molecule has 7 nitrogen and oxygen atoms in total. The molecule has 168 valence electrons. The Kier molecular flexibility index (Phi) is 5.64. The highest BCUT2D eigenvalue weighted by atomic mass is 16.3. The zero-order chi connectivity index (χ0) is 23.8. The molecule has 0 bridgehead atoms. The fourth-order valence-corrected chi connectivity index (χ4v) is 3.81. The molecule has 3 aromatic rings. The lowest BCUT2D eigenvalue weighted by molar-refractivity contribution is 0.101. The molecule has 0 aliphatic carbocycles. The monoisotopic (exact) mass is 442 g/mol. The predicted octanol–water partition coefficient (Wildman–Crippen LogP) is 4.41. The molecule has 3 aromatic carbocycles. The molecule has 7 heteroatoms. The summed E-state index contributed by atoms with van der Waals surface area (Å²) in [7, 11) is 0. The van der Waals surface area contributed by atoms with E-state index in [1.54, 1.807) is 30.3 Å². The smallest absolute Gasteiger partial charge is 0.256 e. The Bertz CT molecular complexity index is 1290. The second-order valence-corrected chi connectivity index (χ2v) is 9.01. The molecule has 0 radical (unpaired) electrons. The van der Waals surface area contributed by atoms with E-state index >= 15 is 0 Å². The van der Waals surface area contributed by atoms with Gasteiger partial charge in [-0.1, -0.05) is 45.0 Å². The van der Waals surface area contributed by atoms with Crippen LogP contribution in [0, 0.1) is 0 Å². The highest BCUT2D eigenvalue weighted by Crippen LogP contribution is 2.30. The van der Waals surface area contributed by atoms with Crippen molar-refractivity contribution in [2.24, 2.45) is 10.7 Å². The van der Waals surface area contributed by atoms with Crippen molar-refractivity contribution in [2.45, 2.75) is 32.7 Å². The number of hydrogen-bond donors (Lipinski definition) is 4. The third-order valence-corrected chi connectivity index (χ3v) is 5.55. The molecular formula is C26H26N4O3. The van der Waals surface area contributed by atoms with Gasteiger partial charge in [0.15, 0.2) is 0 Å². The first-order chi connectivity index (χ1) is 15.6. The number of anilines is 2. The first-order valence-corrected chi connectivity index (χ1v) is 10.6. The highest BCUT2D eigenvalue weighted by molar-refractivity contribution is 6.11. The Morgan fingerprint density at radius 1 is 0.939 bits per heavy atom. The number of amidine groups is 1. The van der Waals surface area contributed by atoms with Gasteiger partial charge >= 0.3 is 0 Å². The number of fused-ring (bicyclic) bond motifs is 1. The molecule has 0 aromatic heterocycles. The molecule has 4 rings (SSSR count). The summed E-state index contributed by atoms with van der Waals surface area (Å²) < 4.78 is 0. The van der Waals surface area contributed by atoms with Crippen molar-refractivity contribution >= 4 is 29.0 Å². The van der Waals surface area contributed by atoms with Crippen LogP contribution in [0.15, 0.2) is 65.7 Å². The van der Waals surface area contributed by atoms with Gasteiger partial charge in [-0.3, -0.25) is 14.6 Å². The fraction of sp³-hybridized carbons (Fsp3) is 0.192. The Morgan fingerprint density at radius 2 is 1.67 bits per heavy atom. The van der Waals surface area contributed by atoms with E-state index < -0.39 is 0 Å². The minimum Gasteiger partial charge on any atom is -0.508 e. The predicted molar refractivity (Wildman–Crippen MR) is 130 cm³/mol. The van der Waals surface area contributed by atoms with Gasteiger partial charge in [0.25, 0.3) is 11.8 Å². The number of benzene rings is 3. The van der Waals surface area contributed by atoms with Crippen molar-refractivity contribution in [3.63, 3.8) is 0 Å². The van der Waals surface area contributed by atoms with Crippen LogP contribution in [0.25, 0.3) is 0 Å². The molecule has 0 atom stereocenters. The van der Waals surface area contributed by atoms with Crippen molar-refractivity contribution in [2.75, 3.05) is 10.6 Å². The zero-order valence-electron chi connectivity index (χ0n) is 18.8. The number of carbonyl (C=O) groups excluding carboxylic acids is 2. The van der Waals surface area contributed by atoms with Gasteiger partial charge in [0, 0.05) is 22.8 Å². The van der Waals surface area contributed by atoms with Crippen LogP contribution in [0.1, 0.15) is 58.2 Å². The third kappa shape index (κ3) is 4.57. The van der Waals surface area contributed by atoms with Gasteiger partial charge in [-0.25, -0.2) is 0 Å². The summed E-state index contributed by atoms with van der Waals surface area (Å²) in [5.74, 6) is -0.319. The molecule has 0 saturated carbocycles. The molecule has 1 aliphatic heterocycles. The van der Waals surface area contributed by atoms with Gasteiger partial charge in [0.2, 0.25) is 0 Å². The van der Waals surface area contributed by atoms with Gasteiger partial charge in [-0.15, -0.1) is 0 Å². The van der Waals surface area contributed by atoms with Gasteiger partial charge in [0.1, 0.15) is 11.6 Å². The number of nitrogens with two attached hydrogens (primary N) is 1. The van der Waals surface area contributed by atoms with Crippen molar-refractivity contribution in [1.82, 2.24) is 0 Å². The maximum Gasteiger partial charge on any atom is 0.256 e. The minimum absolute atomic E-state index is 0.0334. The Labute approximate surface area is 192 Å². The standard InChI is InChI=1S/C26H26N4O3/c1-26(2,3)20-7-5-4-6-18(20)25(33)30-22-13-17(31)10-11-21(22)29-24(32)15-8-9-16-14-28-23(27)19(16)12-15/h4-13,31H,14H2,1-3H3,(H2,27,28)(H,29,32)(H,30,33). The van der Waals surface area contributed by atoms with Crippen LogP contribution >= 0.6 is 0 Å². The maximum atomic E-state index is 13.1. The average Bonchev–Trinajstić information content (AvgIpc) is 3.15. The normalized spacial score (nSPS) is 12.6. The molecule has 2 amide bonds. The number of nitrogens with one attached hydrogen (secondary N) is 2. The van der Waals surface area contributed by atoms with Crippen LogP contribution in [0.4, 0.5) is 11.4 Å². The molecule has 33 heavy (non-hydrogen) atoms. The van der Waals surface area contributed by atoms with E-state index in [1.165, 1.54) is 12.1 Å². The lowest BCUT2D eigenvalue weighted by Gasteiger charge is -2.22. The fourth-order valence-electron chi connectivity index (χ4n) is 3.81. The van der Waals surface area contributed by atoms with E-state index in [4.69, 9.17) is 5.73 Å². The van der Waals surface area contributed by atoms with E-state index in [1.807, 2.05) is 39.0 Å². The third-order valence-electron chi connectivity index (χ3n) is 5.55. The second-order valence-electron chi connectivity index (χ2n) is 9.01. The number of aromatic hydroxyl groups is 1. The molecule has 5 N–H and O–H groups in total. The van der Waals surface area contributed by atoms with E-state index in [9.17, 15) is 14.7 Å². The van der Waals surface area contributed by atoms with Gasteiger partial charge < -0.3 is 21.5 Å². The van der Waals surface area contributed by atoms with Crippen molar-refractivity contribution in [3.8, 4) is 5.75 Å². The molecule has 1 heterocycles. The number of carbonyl (C=O) groups is 2. The largest absolute Gasteiger partial charge is 0.508 e. The number of rotatable bonds is 4. The van der Waals surface area contributed by atoms with Crippen molar-refractivity contribution < 1.29 is 14.7 Å². The maximum absolute atomic E-state index is 13.1. The molecule has 0 unspecified atom stereocenters. The lowest BCUT2D eigenvalue weighted by atomic mass is 9.83. The number of phenolic OH excluding ortho intramolecular Hbond substituents is 1. The molecule has 0 fully saturated rings. The van der Waals surface area contributed by atoms with E-state index in [-0.39, 0.29) is 23.0 Å². The summed E-state index contributed by atoms with van der Waals surface area (Å²) in [6.45, 7) is 6.61. The van der Waals surface area contributed by atoms with Crippen molar-refractivity contribution in [3.05, 3.63) is 88.5 Å². The summed E-state index contributed by atoms with van der Waals surface area (Å²) in [6.07, 6.45) is 0. The molecular weight excluding hydrogens is 416 g/mol. The van der Waals surface area contributed by atoms with Crippen LogP contribution in [0.5, 0.6) is 5.75 Å². The van der Waals surface area contributed by atoms with Gasteiger partial charge in [-0.2, -0.15) is 0 Å². The summed E-state index contributed by atoms with van der Waals surface area (Å²) in [6, 6.07) is 17.0. The zero-order valence-corrected chi connectivity index (χ0v) is 18.8. The summed E-state index contributed by atoms with van der Waals surface area (Å²) in [5.41, 5.74) is 9.88. The molecule has 0 spiro atoms.